The second-order valence-corrected chi connectivity index (χ2v) is 10.6. The Hall–Kier alpha value is -3.33. The third kappa shape index (κ3) is 7.10. The zero-order valence-corrected chi connectivity index (χ0v) is 22.0. The van der Waals surface area contributed by atoms with E-state index in [9.17, 15) is 9.59 Å². The molecule has 0 saturated carbocycles. The van der Waals surface area contributed by atoms with Crippen LogP contribution in [0.4, 0.5) is 10.8 Å². The summed E-state index contributed by atoms with van der Waals surface area (Å²) in [6, 6.07) is 22.3. The number of carbonyl (C=O) groups is 2. The highest BCUT2D eigenvalue weighted by molar-refractivity contribution is 8.00. The van der Waals surface area contributed by atoms with Gasteiger partial charge in [-0.25, -0.2) is 4.98 Å². The summed E-state index contributed by atoms with van der Waals surface area (Å²) >= 11 is 8.70. The van der Waals surface area contributed by atoms with Gasteiger partial charge in [0.05, 0.1) is 24.5 Å². The van der Waals surface area contributed by atoms with Crippen molar-refractivity contribution in [2.24, 2.45) is 0 Å². The Morgan fingerprint density at radius 1 is 1.06 bits per heavy atom. The first kappa shape index (κ1) is 25.8. The van der Waals surface area contributed by atoms with Crippen LogP contribution in [-0.4, -0.2) is 29.2 Å². The number of nitrogens with zero attached hydrogens (tertiary/aromatic N) is 1. The van der Waals surface area contributed by atoms with Gasteiger partial charge < -0.3 is 15.4 Å². The number of halogens is 1. The van der Waals surface area contributed by atoms with Crippen LogP contribution >= 0.6 is 34.7 Å². The monoisotopic (exact) mass is 537 g/mol. The molecule has 0 spiro atoms. The van der Waals surface area contributed by atoms with Crippen molar-refractivity contribution < 1.29 is 14.3 Å². The van der Waals surface area contributed by atoms with Crippen LogP contribution < -0.4 is 15.4 Å². The molecule has 2 amide bonds. The molecule has 0 radical (unpaired) electrons. The molecule has 0 bridgehead atoms. The first-order chi connectivity index (χ1) is 17.4. The highest BCUT2D eigenvalue weighted by Crippen LogP contribution is 2.29. The van der Waals surface area contributed by atoms with E-state index in [1.807, 2.05) is 73.0 Å². The molecule has 9 heteroatoms. The minimum absolute atomic E-state index is 0.109. The number of ether oxygens (including phenoxy) is 1. The molecule has 6 nitrogen and oxygen atoms in total. The van der Waals surface area contributed by atoms with Crippen molar-refractivity contribution in [3.8, 4) is 17.0 Å². The molecule has 2 N–H and O–H groups in total. The zero-order valence-electron chi connectivity index (χ0n) is 19.7. The Kier molecular flexibility index (Phi) is 8.64. The zero-order chi connectivity index (χ0) is 25.5. The normalized spacial score (nSPS) is 11.5. The van der Waals surface area contributed by atoms with Gasteiger partial charge in [-0.15, -0.1) is 23.1 Å². The van der Waals surface area contributed by atoms with E-state index >= 15 is 0 Å². The number of anilines is 2. The average Bonchev–Trinajstić information content (AvgIpc) is 3.35. The fourth-order valence-electron chi connectivity index (χ4n) is 3.32. The molecule has 1 unspecified atom stereocenters. The Morgan fingerprint density at radius 3 is 2.53 bits per heavy atom. The average molecular weight is 538 g/mol. The molecule has 1 atom stereocenters. The molecule has 36 heavy (non-hydrogen) atoms. The summed E-state index contributed by atoms with van der Waals surface area (Å²) in [5.41, 5.74) is 3.29. The minimum atomic E-state index is -0.334. The van der Waals surface area contributed by atoms with E-state index in [1.54, 1.807) is 19.2 Å². The largest absolute Gasteiger partial charge is 0.497 e. The number of aromatic nitrogens is 1. The first-order valence-corrected chi connectivity index (χ1v) is 13.2. The van der Waals surface area contributed by atoms with Crippen LogP contribution in [0.2, 0.25) is 5.02 Å². The van der Waals surface area contributed by atoms with E-state index in [0.29, 0.717) is 15.8 Å². The van der Waals surface area contributed by atoms with Crippen LogP contribution in [0.25, 0.3) is 11.3 Å². The van der Waals surface area contributed by atoms with Crippen LogP contribution in [0.3, 0.4) is 0 Å². The number of benzene rings is 3. The molecule has 0 fully saturated rings. The van der Waals surface area contributed by atoms with Gasteiger partial charge in [0.1, 0.15) is 5.75 Å². The molecular weight excluding hydrogens is 514 g/mol. The number of methoxy groups -OCH3 is 1. The van der Waals surface area contributed by atoms with E-state index in [0.717, 1.165) is 27.5 Å². The molecule has 0 aliphatic carbocycles. The van der Waals surface area contributed by atoms with Crippen LogP contribution in [0, 0.1) is 0 Å². The maximum Gasteiger partial charge on any atom is 0.239 e. The van der Waals surface area contributed by atoms with Gasteiger partial charge in [0.25, 0.3) is 0 Å². The third-order valence-corrected chi connectivity index (χ3v) is 7.32. The highest BCUT2D eigenvalue weighted by atomic mass is 35.5. The van der Waals surface area contributed by atoms with Crippen molar-refractivity contribution in [3.63, 3.8) is 0 Å². The SMILES string of the molecule is COc1cccc(-c2csc(NC(=O)C(C)Sc3ccc(NC(=O)Cc4ccc(Cl)cc4)cc3)n2)c1. The number of thiazole rings is 1. The second kappa shape index (κ2) is 12.1. The summed E-state index contributed by atoms with van der Waals surface area (Å²) in [6.07, 6.45) is 0.265. The van der Waals surface area contributed by atoms with Crippen LogP contribution in [0.15, 0.2) is 83.1 Å². The van der Waals surface area contributed by atoms with Gasteiger partial charge in [0.15, 0.2) is 5.13 Å². The Bertz CT molecular complexity index is 1340. The van der Waals surface area contributed by atoms with E-state index in [-0.39, 0.29) is 23.5 Å². The van der Waals surface area contributed by atoms with E-state index in [1.165, 1.54) is 23.1 Å². The number of hydrogen-bond acceptors (Lipinski definition) is 6. The maximum atomic E-state index is 12.7. The number of carbonyl (C=O) groups excluding carboxylic acids is 2. The van der Waals surface area contributed by atoms with Crippen LogP contribution in [-0.2, 0) is 16.0 Å². The van der Waals surface area contributed by atoms with E-state index in [2.05, 4.69) is 15.6 Å². The Labute approximate surface area is 223 Å². The Morgan fingerprint density at radius 2 is 1.81 bits per heavy atom. The molecule has 4 aromatic rings. The molecule has 4 rings (SSSR count). The van der Waals surface area contributed by atoms with Crippen molar-refractivity contribution >= 4 is 57.3 Å². The summed E-state index contributed by atoms with van der Waals surface area (Å²) in [7, 11) is 1.62. The Balaban J connectivity index is 1.28. The number of nitrogens with one attached hydrogen (secondary N) is 2. The number of hydrogen-bond donors (Lipinski definition) is 2. The van der Waals surface area contributed by atoms with Crippen LogP contribution in [0.1, 0.15) is 12.5 Å². The van der Waals surface area contributed by atoms with E-state index < -0.39 is 0 Å². The fraction of sp³-hybridized carbons (Fsp3) is 0.148. The van der Waals surface area contributed by atoms with Crippen LogP contribution in [0.5, 0.6) is 5.75 Å². The first-order valence-electron chi connectivity index (χ1n) is 11.1. The van der Waals surface area contributed by atoms with Gasteiger partial charge in [-0.2, -0.15) is 0 Å². The predicted molar refractivity (Wildman–Crippen MR) is 148 cm³/mol. The number of amides is 2. The van der Waals surface area contributed by atoms with E-state index in [4.69, 9.17) is 16.3 Å². The lowest BCUT2D eigenvalue weighted by atomic mass is 10.1. The maximum absolute atomic E-state index is 12.7. The predicted octanol–water partition coefficient (Wildman–Crippen LogP) is 6.77. The number of thioether (sulfide) groups is 1. The van der Waals surface area contributed by atoms with Gasteiger partial charge in [-0.1, -0.05) is 35.9 Å². The topological polar surface area (TPSA) is 80.3 Å². The highest BCUT2D eigenvalue weighted by Gasteiger charge is 2.17. The van der Waals surface area contributed by atoms with Gasteiger partial charge in [0.2, 0.25) is 11.8 Å². The van der Waals surface area contributed by atoms with Gasteiger partial charge >= 0.3 is 0 Å². The van der Waals surface area contributed by atoms with Crippen molar-refractivity contribution in [3.05, 3.63) is 88.8 Å². The van der Waals surface area contributed by atoms with Gasteiger partial charge in [-0.05, 0) is 61.0 Å². The lowest BCUT2D eigenvalue weighted by Crippen LogP contribution is -2.22. The summed E-state index contributed by atoms with van der Waals surface area (Å²) < 4.78 is 5.27. The lowest BCUT2D eigenvalue weighted by Gasteiger charge is -2.11. The quantitative estimate of drug-likeness (QED) is 0.230. The summed E-state index contributed by atoms with van der Waals surface area (Å²) in [6.45, 7) is 1.85. The number of rotatable bonds is 9. The minimum Gasteiger partial charge on any atom is -0.497 e. The molecule has 184 valence electrons. The molecule has 0 aliphatic rings. The summed E-state index contributed by atoms with van der Waals surface area (Å²) in [5.74, 6) is 0.511. The van der Waals surface area contributed by atoms with Gasteiger partial charge in [0, 0.05) is 26.5 Å². The molecule has 3 aromatic carbocycles. The summed E-state index contributed by atoms with van der Waals surface area (Å²) in [5, 5.41) is 8.54. The fourth-order valence-corrected chi connectivity index (χ4v) is 5.04. The van der Waals surface area contributed by atoms with Crippen molar-refractivity contribution in [1.82, 2.24) is 4.98 Å². The van der Waals surface area contributed by atoms with Gasteiger partial charge in [-0.3, -0.25) is 9.59 Å². The summed E-state index contributed by atoms with van der Waals surface area (Å²) in [4.78, 5) is 30.5. The van der Waals surface area contributed by atoms with Crippen molar-refractivity contribution in [2.75, 3.05) is 17.7 Å². The third-order valence-electron chi connectivity index (χ3n) is 5.20. The molecule has 0 saturated heterocycles. The molecule has 1 heterocycles. The smallest absolute Gasteiger partial charge is 0.239 e. The van der Waals surface area contributed by atoms with Crippen molar-refractivity contribution in [2.45, 2.75) is 23.5 Å². The standard InChI is InChI=1S/C27H24ClN3O3S2/c1-17(26(33)31-27-30-24(16-35-27)19-4-3-5-22(15-19)34-2)36-23-12-10-21(11-13-23)29-25(32)14-18-6-8-20(28)9-7-18/h3-13,15-17H,14H2,1-2H3,(H,29,32)(H,30,31,33). The molecule has 0 aliphatic heterocycles. The molecular formula is C27H24ClN3O3S2. The molecule has 1 aromatic heterocycles. The van der Waals surface area contributed by atoms with Crippen molar-refractivity contribution in [1.29, 1.82) is 0 Å². The second-order valence-electron chi connectivity index (χ2n) is 7.89. The lowest BCUT2D eigenvalue weighted by molar-refractivity contribution is -0.116.